The summed E-state index contributed by atoms with van der Waals surface area (Å²) in [6, 6.07) is 0. The van der Waals surface area contributed by atoms with Crippen molar-refractivity contribution >= 4 is 0 Å². The largest absolute Gasteiger partial charge is 0.376 e. The predicted octanol–water partition coefficient (Wildman–Crippen LogP) is 1.66. The number of hydrogen-bond donors (Lipinski definition) is 1. The van der Waals surface area contributed by atoms with Gasteiger partial charge in [0.2, 0.25) is 0 Å². The van der Waals surface area contributed by atoms with Crippen molar-refractivity contribution in [2.45, 2.75) is 32.8 Å². The molecule has 72 valence electrons. The van der Waals surface area contributed by atoms with Crippen LogP contribution < -0.4 is 5.32 Å². The van der Waals surface area contributed by atoms with E-state index in [1.54, 1.807) is 0 Å². The molecule has 1 N–H and O–H groups in total. The minimum Gasteiger partial charge on any atom is -0.376 e. The summed E-state index contributed by atoms with van der Waals surface area (Å²) in [5, 5.41) is 3.17. The lowest BCUT2D eigenvalue weighted by molar-refractivity contribution is 0.0179. The van der Waals surface area contributed by atoms with Crippen LogP contribution in [0.4, 0.5) is 0 Å². The Hall–Kier alpha value is -0.0800. The van der Waals surface area contributed by atoms with Gasteiger partial charge >= 0.3 is 0 Å². The van der Waals surface area contributed by atoms with Crippen molar-refractivity contribution in [3.63, 3.8) is 0 Å². The normalized spacial score (nSPS) is 20.0. The summed E-state index contributed by atoms with van der Waals surface area (Å²) < 4.78 is 5.81. The highest BCUT2D eigenvalue weighted by Gasteiger charge is 2.23. The van der Waals surface area contributed by atoms with Crippen LogP contribution in [0, 0.1) is 11.8 Å². The molecule has 0 saturated heterocycles. The zero-order valence-electron chi connectivity index (χ0n) is 8.47. The third kappa shape index (κ3) is 3.55. The topological polar surface area (TPSA) is 21.3 Å². The molecule has 0 aliphatic heterocycles. The number of ether oxygens (including phenoxy) is 1. The Morgan fingerprint density at radius 3 is 2.50 bits per heavy atom. The highest BCUT2D eigenvalue weighted by Crippen LogP contribution is 2.29. The van der Waals surface area contributed by atoms with Crippen LogP contribution in [0.1, 0.15) is 26.7 Å². The molecule has 1 rings (SSSR count). The third-order valence-corrected chi connectivity index (χ3v) is 2.39. The van der Waals surface area contributed by atoms with Crippen molar-refractivity contribution in [2.24, 2.45) is 11.8 Å². The molecule has 1 unspecified atom stereocenters. The van der Waals surface area contributed by atoms with E-state index in [4.69, 9.17) is 4.74 Å². The molecule has 12 heavy (non-hydrogen) atoms. The Balaban J connectivity index is 2.11. The summed E-state index contributed by atoms with van der Waals surface area (Å²) in [6.45, 7) is 6.39. The van der Waals surface area contributed by atoms with Gasteiger partial charge in [-0.05, 0) is 31.7 Å². The molecule has 1 aliphatic rings. The van der Waals surface area contributed by atoms with Gasteiger partial charge in [0.15, 0.2) is 0 Å². The first-order valence-corrected chi connectivity index (χ1v) is 5.00. The van der Waals surface area contributed by atoms with Gasteiger partial charge in [-0.3, -0.25) is 0 Å². The zero-order valence-corrected chi connectivity index (χ0v) is 8.47. The summed E-state index contributed by atoms with van der Waals surface area (Å²) in [5.41, 5.74) is 0. The molecular weight excluding hydrogens is 150 g/mol. The highest BCUT2D eigenvalue weighted by atomic mass is 16.5. The number of rotatable bonds is 6. The molecule has 1 fully saturated rings. The van der Waals surface area contributed by atoms with Gasteiger partial charge in [-0.2, -0.15) is 0 Å². The second-order valence-electron chi connectivity index (χ2n) is 4.12. The van der Waals surface area contributed by atoms with E-state index in [0.717, 1.165) is 19.1 Å². The Labute approximate surface area is 75.7 Å². The maximum Gasteiger partial charge on any atom is 0.0722 e. The second kappa shape index (κ2) is 4.83. The standard InChI is InChI=1S/C10H21NO/c1-8(2)10(6-11-3)12-7-9-4-5-9/h8-11H,4-7H2,1-3H3. The van der Waals surface area contributed by atoms with E-state index in [1.165, 1.54) is 12.8 Å². The van der Waals surface area contributed by atoms with Gasteiger partial charge in [0, 0.05) is 13.2 Å². The summed E-state index contributed by atoms with van der Waals surface area (Å²) >= 11 is 0. The summed E-state index contributed by atoms with van der Waals surface area (Å²) in [5.74, 6) is 1.50. The molecule has 0 aromatic carbocycles. The van der Waals surface area contributed by atoms with Gasteiger partial charge in [-0.15, -0.1) is 0 Å². The molecule has 0 amide bonds. The lowest BCUT2D eigenvalue weighted by Crippen LogP contribution is -2.31. The van der Waals surface area contributed by atoms with Gasteiger partial charge in [-0.1, -0.05) is 13.8 Å². The molecule has 2 heteroatoms. The number of nitrogens with one attached hydrogen (secondary N) is 1. The van der Waals surface area contributed by atoms with E-state index < -0.39 is 0 Å². The van der Waals surface area contributed by atoms with Crippen molar-refractivity contribution in [1.29, 1.82) is 0 Å². The van der Waals surface area contributed by atoms with Crippen molar-refractivity contribution in [3.8, 4) is 0 Å². The van der Waals surface area contributed by atoms with Crippen molar-refractivity contribution < 1.29 is 4.74 Å². The van der Waals surface area contributed by atoms with Gasteiger partial charge < -0.3 is 10.1 Å². The first-order valence-electron chi connectivity index (χ1n) is 5.00. The van der Waals surface area contributed by atoms with E-state index in [1.807, 2.05) is 7.05 Å². The molecular formula is C10H21NO. The van der Waals surface area contributed by atoms with E-state index >= 15 is 0 Å². The van der Waals surface area contributed by atoms with E-state index in [9.17, 15) is 0 Å². The molecule has 0 aromatic heterocycles. The maximum absolute atomic E-state index is 5.81. The third-order valence-electron chi connectivity index (χ3n) is 2.39. The first kappa shape index (κ1) is 10.0. The summed E-state index contributed by atoms with van der Waals surface area (Å²) in [7, 11) is 1.98. The van der Waals surface area contributed by atoms with Crippen LogP contribution in [0.5, 0.6) is 0 Å². The van der Waals surface area contributed by atoms with Gasteiger partial charge in [0.1, 0.15) is 0 Å². The molecule has 0 heterocycles. The summed E-state index contributed by atoms with van der Waals surface area (Å²) in [4.78, 5) is 0. The Kier molecular flexibility index (Phi) is 4.02. The van der Waals surface area contributed by atoms with Crippen molar-refractivity contribution in [2.75, 3.05) is 20.2 Å². The highest BCUT2D eigenvalue weighted by molar-refractivity contribution is 4.74. The lowest BCUT2D eigenvalue weighted by Gasteiger charge is -2.20. The number of likely N-dealkylation sites (N-methyl/N-ethyl adjacent to an activating group) is 1. The van der Waals surface area contributed by atoms with Gasteiger partial charge in [-0.25, -0.2) is 0 Å². The Morgan fingerprint density at radius 1 is 1.42 bits per heavy atom. The van der Waals surface area contributed by atoms with Crippen LogP contribution in [0.2, 0.25) is 0 Å². The fourth-order valence-corrected chi connectivity index (χ4v) is 1.23. The molecule has 1 saturated carbocycles. The molecule has 0 spiro atoms. The predicted molar refractivity (Wildman–Crippen MR) is 51.2 cm³/mol. The molecule has 2 nitrogen and oxygen atoms in total. The first-order chi connectivity index (χ1) is 5.74. The van der Waals surface area contributed by atoms with E-state index in [-0.39, 0.29) is 0 Å². The van der Waals surface area contributed by atoms with Crippen LogP contribution in [-0.2, 0) is 4.74 Å². The minimum absolute atomic E-state index is 0.399. The van der Waals surface area contributed by atoms with Gasteiger partial charge in [0.25, 0.3) is 0 Å². The molecule has 0 bridgehead atoms. The van der Waals surface area contributed by atoms with E-state index in [0.29, 0.717) is 12.0 Å². The molecule has 0 aromatic rings. The fraction of sp³-hybridized carbons (Fsp3) is 1.00. The second-order valence-corrected chi connectivity index (χ2v) is 4.12. The van der Waals surface area contributed by atoms with Crippen LogP contribution in [-0.4, -0.2) is 26.3 Å². The van der Waals surface area contributed by atoms with Crippen LogP contribution in [0.3, 0.4) is 0 Å². The minimum atomic E-state index is 0.399. The average molecular weight is 171 g/mol. The number of hydrogen-bond acceptors (Lipinski definition) is 2. The van der Waals surface area contributed by atoms with Gasteiger partial charge in [0.05, 0.1) is 6.10 Å². The molecule has 1 aliphatic carbocycles. The Morgan fingerprint density at radius 2 is 2.08 bits per heavy atom. The fourth-order valence-electron chi connectivity index (χ4n) is 1.23. The van der Waals surface area contributed by atoms with Crippen LogP contribution in [0.15, 0.2) is 0 Å². The monoisotopic (exact) mass is 171 g/mol. The quantitative estimate of drug-likeness (QED) is 0.656. The maximum atomic E-state index is 5.81. The molecule has 1 atom stereocenters. The Bertz CT molecular complexity index is 121. The van der Waals surface area contributed by atoms with Crippen LogP contribution >= 0.6 is 0 Å². The van der Waals surface area contributed by atoms with E-state index in [2.05, 4.69) is 19.2 Å². The van der Waals surface area contributed by atoms with Crippen molar-refractivity contribution in [3.05, 3.63) is 0 Å². The molecule has 0 radical (unpaired) electrons. The smallest absolute Gasteiger partial charge is 0.0722 e. The average Bonchev–Trinajstić information content (AvgIpc) is 2.80. The zero-order chi connectivity index (χ0) is 8.97. The summed E-state index contributed by atoms with van der Waals surface area (Å²) in [6.07, 6.45) is 3.16. The lowest BCUT2D eigenvalue weighted by atomic mass is 10.1. The van der Waals surface area contributed by atoms with Crippen LogP contribution in [0.25, 0.3) is 0 Å². The van der Waals surface area contributed by atoms with Crippen molar-refractivity contribution in [1.82, 2.24) is 5.32 Å². The SMILES string of the molecule is CNCC(OCC1CC1)C(C)C.